The van der Waals surface area contributed by atoms with Crippen molar-refractivity contribution in [3.05, 3.63) is 53.1 Å². The molecule has 3 rings (SSSR count). The second-order valence-corrected chi connectivity index (χ2v) is 6.18. The number of benzene rings is 2. The van der Waals surface area contributed by atoms with Crippen molar-refractivity contribution in [1.29, 1.82) is 0 Å². The zero-order chi connectivity index (χ0) is 18.7. The Bertz CT molecular complexity index is 811. The topological polar surface area (TPSA) is 47.6 Å². The number of anilines is 1. The molecule has 0 fully saturated rings. The molecule has 2 aromatic carbocycles. The first-order valence-electron chi connectivity index (χ1n) is 7.88. The number of carbonyl (C=O) groups excluding carboxylic acids is 1. The zero-order valence-corrected chi connectivity index (χ0v) is 14.2. The van der Waals surface area contributed by atoms with Gasteiger partial charge in [-0.25, -0.2) is 0 Å². The maximum Gasteiger partial charge on any atom is 0.416 e. The molecule has 8 heteroatoms. The molecule has 26 heavy (non-hydrogen) atoms. The summed E-state index contributed by atoms with van der Waals surface area (Å²) < 4.78 is 49.6. The molecule has 0 radical (unpaired) electrons. The molecule has 138 valence electrons. The quantitative estimate of drug-likeness (QED) is 0.812. The van der Waals surface area contributed by atoms with E-state index in [-0.39, 0.29) is 23.2 Å². The summed E-state index contributed by atoms with van der Waals surface area (Å²) in [4.78, 5) is 12.1. The van der Waals surface area contributed by atoms with E-state index in [1.807, 2.05) is 12.1 Å². The fourth-order valence-electron chi connectivity index (χ4n) is 2.51. The van der Waals surface area contributed by atoms with Crippen LogP contribution in [0.3, 0.4) is 0 Å². The van der Waals surface area contributed by atoms with Crippen LogP contribution < -0.4 is 14.8 Å². The molecule has 0 spiro atoms. The van der Waals surface area contributed by atoms with E-state index in [2.05, 4.69) is 5.32 Å². The lowest BCUT2D eigenvalue weighted by Gasteiger charge is -2.26. The summed E-state index contributed by atoms with van der Waals surface area (Å²) in [6.45, 7) is 0.300. The van der Waals surface area contributed by atoms with Gasteiger partial charge in [-0.05, 0) is 36.8 Å². The molecular weight excluding hydrogens is 371 g/mol. The molecule has 1 unspecified atom stereocenters. The first-order valence-corrected chi connectivity index (χ1v) is 8.26. The molecule has 1 aliphatic heterocycles. The highest BCUT2D eigenvalue weighted by Crippen LogP contribution is 2.34. The van der Waals surface area contributed by atoms with Crippen LogP contribution in [0.2, 0.25) is 5.02 Å². The minimum absolute atomic E-state index is 0.0394. The summed E-state index contributed by atoms with van der Waals surface area (Å²) in [6, 6.07) is 9.98. The Hall–Kier alpha value is -2.41. The number of ether oxygens (including phenoxy) is 2. The van der Waals surface area contributed by atoms with Gasteiger partial charge < -0.3 is 14.8 Å². The maximum absolute atomic E-state index is 12.8. The number of hydrogen-bond donors (Lipinski definition) is 1. The summed E-state index contributed by atoms with van der Waals surface area (Å²) >= 11 is 5.87. The highest BCUT2D eigenvalue weighted by atomic mass is 35.5. The third kappa shape index (κ3) is 4.40. The van der Waals surface area contributed by atoms with Crippen molar-refractivity contribution in [2.24, 2.45) is 0 Å². The molecule has 0 saturated heterocycles. The first-order chi connectivity index (χ1) is 12.3. The van der Waals surface area contributed by atoms with Gasteiger partial charge in [0.05, 0.1) is 16.3 Å². The van der Waals surface area contributed by atoms with Crippen molar-refractivity contribution in [2.75, 3.05) is 11.9 Å². The first kappa shape index (κ1) is 18.4. The third-order valence-electron chi connectivity index (χ3n) is 3.83. The number of carbonyl (C=O) groups is 1. The van der Waals surface area contributed by atoms with Gasteiger partial charge in [0.1, 0.15) is 12.7 Å². The van der Waals surface area contributed by atoms with Gasteiger partial charge in [0.25, 0.3) is 0 Å². The SMILES string of the molecule is O=C(CCC1COc2ccccc2O1)Nc1cc(C(F)(F)F)ccc1Cl. The molecular formula is C18H15ClF3NO3. The second kappa shape index (κ2) is 7.45. The van der Waals surface area contributed by atoms with E-state index < -0.39 is 17.6 Å². The lowest BCUT2D eigenvalue weighted by Crippen LogP contribution is -2.30. The fourth-order valence-corrected chi connectivity index (χ4v) is 2.67. The maximum atomic E-state index is 12.8. The molecule has 1 heterocycles. The predicted molar refractivity (Wildman–Crippen MR) is 90.7 cm³/mol. The molecule has 1 atom stereocenters. The summed E-state index contributed by atoms with van der Waals surface area (Å²) in [6.07, 6.45) is -4.41. The summed E-state index contributed by atoms with van der Waals surface area (Å²) in [7, 11) is 0. The van der Waals surface area contributed by atoms with Gasteiger partial charge in [-0.1, -0.05) is 23.7 Å². The summed E-state index contributed by atoms with van der Waals surface area (Å²) in [5.74, 6) is 0.794. The number of para-hydroxylation sites is 2. The Morgan fingerprint density at radius 1 is 1.19 bits per heavy atom. The van der Waals surface area contributed by atoms with E-state index >= 15 is 0 Å². The minimum Gasteiger partial charge on any atom is -0.486 e. The van der Waals surface area contributed by atoms with E-state index in [1.54, 1.807) is 12.1 Å². The molecule has 0 bridgehead atoms. The van der Waals surface area contributed by atoms with E-state index in [4.69, 9.17) is 21.1 Å². The van der Waals surface area contributed by atoms with Crippen molar-refractivity contribution in [3.63, 3.8) is 0 Å². The number of alkyl halides is 3. The van der Waals surface area contributed by atoms with Crippen LogP contribution in [-0.4, -0.2) is 18.6 Å². The van der Waals surface area contributed by atoms with Crippen LogP contribution in [0.25, 0.3) is 0 Å². The van der Waals surface area contributed by atoms with Gasteiger partial charge in [0.2, 0.25) is 5.91 Å². The van der Waals surface area contributed by atoms with Crippen molar-refractivity contribution >= 4 is 23.2 Å². The molecule has 1 aliphatic rings. The average Bonchev–Trinajstić information content (AvgIpc) is 2.60. The van der Waals surface area contributed by atoms with E-state index in [1.165, 1.54) is 0 Å². The monoisotopic (exact) mass is 385 g/mol. The van der Waals surface area contributed by atoms with E-state index in [0.29, 0.717) is 24.5 Å². The van der Waals surface area contributed by atoms with Crippen molar-refractivity contribution in [3.8, 4) is 11.5 Å². The smallest absolute Gasteiger partial charge is 0.416 e. The number of halogens is 4. The zero-order valence-electron chi connectivity index (χ0n) is 13.5. The fraction of sp³-hybridized carbons (Fsp3) is 0.278. The van der Waals surface area contributed by atoms with Gasteiger partial charge in [-0.15, -0.1) is 0 Å². The number of hydrogen-bond acceptors (Lipinski definition) is 3. The lowest BCUT2D eigenvalue weighted by atomic mass is 10.1. The van der Waals surface area contributed by atoms with Gasteiger partial charge in [-0.2, -0.15) is 13.2 Å². The number of amides is 1. The number of nitrogens with one attached hydrogen (secondary N) is 1. The largest absolute Gasteiger partial charge is 0.486 e. The highest BCUT2D eigenvalue weighted by Gasteiger charge is 2.31. The van der Waals surface area contributed by atoms with Gasteiger partial charge >= 0.3 is 6.18 Å². The Morgan fingerprint density at radius 2 is 1.92 bits per heavy atom. The van der Waals surface area contributed by atoms with Crippen LogP contribution in [-0.2, 0) is 11.0 Å². The summed E-state index contributed by atoms with van der Waals surface area (Å²) in [5.41, 5.74) is -0.949. The molecule has 0 aromatic heterocycles. The molecule has 0 saturated carbocycles. The Balaban J connectivity index is 1.57. The van der Waals surface area contributed by atoms with E-state index in [0.717, 1.165) is 18.2 Å². The second-order valence-electron chi connectivity index (χ2n) is 5.78. The third-order valence-corrected chi connectivity index (χ3v) is 4.16. The average molecular weight is 386 g/mol. The Kier molecular flexibility index (Phi) is 5.27. The predicted octanol–water partition coefficient (Wildman–Crippen LogP) is 4.92. The number of rotatable bonds is 4. The van der Waals surface area contributed by atoms with Gasteiger partial charge in [0, 0.05) is 6.42 Å². The molecule has 1 N–H and O–H groups in total. The van der Waals surface area contributed by atoms with Crippen LogP contribution in [0, 0.1) is 0 Å². The normalized spacial score (nSPS) is 16.2. The molecule has 0 aliphatic carbocycles. The lowest BCUT2D eigenvalue weighted by molar-refractivity contribution is -0.137. The van der Waals surface area contributed by atoms with Crippen LogP contribution in [0.5, 0.6) is 11.5 Å². The highest BCUT2D eigenvalue weighted by molar-refractivity contribution is 6.33. The van der Waals surface area contributed by atoms with Crippen LogP contribution in [0.15, 0.2) is 42.5 Å². The van der Waals surface area contributed by atoms with Crippen molar-refractivity contribution < 1.29 is 27.4 Å². The van der Waals surface area contributed by atoms with Gasteiger partial charge in [-0.3, -0.25) is 4.79 Å². The van der Waals surface area contributed by atoms with Crippen LogP contribution in [0.1, 0.15) is 18.4 Å². The van der Waals surface area contributed by atoms with Crippen LogP contribution in [0.4, 0.5) is 18.9 Å². The van der Waals surface area contributed by atoms with Crippen LogP contribution >= 0.6 is 11.6 Å². The molecule has 2 aromatic rings. The van der Waals surface area contributed by atoms with Crippen molar-refractivity contribution in [2.45, 2.75) is 25.1 Å². The van der Waals surface area contributed by atoms with E-state index in [9.17, 15) is 18.0 Å². The standard InChI is InChI=1S/C18H15ClF3NO3/c19-13-7-5-11(18(20,21)22)9-14(13)23-17(24)8-6-12-10-25-15-3-1-2-4-16(15)26-12/h1-5,7,9,12H,6,8,10H2,(H,23,24). The Morgan fingerprint density at radius 3 is 2.65 bits per heavy atom. The number of fused-ring (bicyclic) bond motifs is 1. The van der Waals surface area contributed by atoms with Gasteiger partial charge in [0.15, 0.2) is 11.5 Å². The molecule has 1 amide bonds. The van der Waals surface area contributed by atoms with Crippen molar-refractivity contribution in [1.82, 2.24) is 0 Å². The summed E-state index contributed by atoms with van der Waals surface area (Å²) in [5, 5.41) is 2.45. The Labute approximate surface area is 152 Å². The minimum atomic E-state index is -4.51. The molecule has 4 nitrogen and oxygen atoms in total.